The maximum atomic E-state index is 13.2. The summed E-state index contributed by atoms with van der Waals surface area (Å²) < 4.78 is 55.7. The standard InChI is InChI=1S/C38H48N6O22S2/c1-15(45)57-13-23-25(59-17(3)47)27(61-19(5)49)29(63-21(7)51)35(65-23)43-37(55)39-31(53)33(41-43)67-11-9-10-12-68-34-32(54)40-38(56)44(42-34)36-30(64-22(8)52)28(62-20(6)50)26(60-18(4)48)24(66-36)14-58-16(2)46/h23-30,35-36H,9-14H2,1-8H3,(H,39,53,55)(H,40,54,56)/t23?,24?,25-,26-,27?,28?,29?,30?,35-,36?/m1/s1. The van der Waals surface area contributed by atoms with Gasteiger partial charge in [0.2, 0.25) is 0 Å². The summed E-state index contributed by atoms with van der Waals surface area (Å²) >= 11 is 1.76. The van der Waals surface area contributed by atoms with Gasteiger partial charge in [-0.25, -0.2) is 9.59 Å². The number of unbranched alkanes of at least 4 members (excludes halogenated alkanes) is 1. The fraction of sp³-hybridized carbons (Fsp3) is 0.632. The van der Waals surface area contributed by atoms with Crippen molar-refractivity contribution in [3.05, 3.63) is 41.7 Å². The SMILES string of the molecule is CC(=O)OCC1OC(n2nc(SCCCCSc3nn([C@@H]4OC(COC(C)=O)[C@@H](OC(C)=O)C(OC(C)=O)C4OC(C)=O)c(=O)[nH]c3=O)c(=O)[nH]c2=O)C(OC(C)=O)C(OC(C)=O)[C@@H]1OC(C)=O. The first-order valence-corrected chi connectivity index (χ1v) is 22.3. The Balaban J connectivity index is 1.56. The van der Waals surface area contributed by atoms with Crippen molar-refractivity contribution < 1.29 is 85.7 Å². The Morgan fingerprint density at radius 2 is 0.765 bits per heavy atom. The topological polar surface area (TPSA) is 364 Å². The van der Waals surface area contributed by atoms with Crippen molar-refractivity contribution in [2.45, 2.75) is 140 Å². The molecule has 2 fully saturated rings. The lowest BCUT2D eigenvalue weighted by molar-refractivity contribution is -0.271. The quantitative estimate of drug-likeness (QED) is 0.0689. The predicted octanol–water partition coefficient (Wildman–Crippen LogP) is -1.65. The van der Waals surface area contributed by atoms with Crippen LogP contribution in [0.15, 0.2) is 29.2 Å². The van der Waals surface area contributed by atoms with Crippen LogP contribution >= 0.6 is 23.5 Å². The molecule has 2 saturated heterocycles. The van der Waals surface area contributed by atoms with Gasteiger partial charge in [0, 0.05) is 55.4 Å². The van der Waals surface area contributed by atoms with Crippen molar-refractivity contribution in [3.63, 3.8) is 0 Å². The van der Waals surface area contributed by atoms with E-state index in [2.05, 4.69) is 20.2 Å². The third kappa shape index (κ3) is 15.1. The lowest BCUT2D eigenvalue weighted by Crippen LogP contribution is -2.62. The summed E-state index contributed by atoms with van der Waals surface area (Å²) in [6, 6.07) is 0. The van der Waals surface area contributed by atoms with E-state index in [0.717, 1.165) is 78.9 Å². The molecule has 2 N–H and O–H groups in total. The summed E-state index contributed by atoms with van der Waals surface area (Å²) in [5.41, 5.74) is -4.15. The molecule has 0 saturated carbocycles. The molecule has 4 heterocycles. The van der Waals surface area contributed by atoms with Gasteiger partial charge < -0.3 is 47.4 Å². The molecule has 30 heteroatoms. The van der Waals surface area contributed by atoms with Crippen molar-refractivity contribution in [1.82, 2.24) is 29.5 Å². The average Bonchev–Trinajstić information content (AvgIpc) is 3.21. The highest BCUT2D eigenvalue weighted by Gasteiger charge is 2.55. The number of aromatic nitrogens is 6. The number of esters is 8. The third-order valence-corrected chi connectivity index (χ3v) is 11.1. The molecule has 2 aliphatic rings. The van der Waals surface area contributed by atoms with Gasteiger partial charge in [-0.05, 0) is 24.3 Å². The van der Waals surface area contributed by atoms with E-state index in [4.69, 9.17) is 47.4 Å². The minimum atomic E-state index is -1.75. The molecule has 7 unspecified atom stereocenters. The molecule has 2 aromatic rings. The Morgan fingerprint density at radius 3 is 1.06 bits per heavy atom. The van der Waals surface area contributed by atoms with Gasteiger partial charge in [-0.1, -0.05) is 23.5 Å². The fourth-order valence-electron chi connectivity index (χ4n) is 6.67. The molecule has 0 aromatic carbocycles. The van der Waals surface area contributed by atoms with Crippen molar-refractivity contribution in [2.75, 3.05) is 24.7 Å². The zero-order valence-electron chi connectivity index (χ0n) is 37.6. The summed E-state index contributed by atoms with van der Waals surface area (Å²) in [6.45, 7) is 7.07. The first-order valence-electron chi connectivity index (χ1n) is 20.3. The van der Waals surface area contributed by atoms with Crippen molar-refractivity contribution in [2.24, 2.45) is 0 Å². The highest BCUT2D eigenvalue weighted by atomic mass is 32.2. The minimum Gasteiger partial charge on any atom is -0.463 e. The van der Waals surface area contributed by atoms with Crippen LogP contribution < -0.4 is 22.5 Å². The van der Waals surface area contributed by atoms with Crippen LogP contribution in [0, 0.1) is 0 Å². The van der Waals surface area contributed by atoms with Gasteiger partial charge in [-0.2, -0.15) is 19.6 Å². The molecular formula is C38H48N6O22S2. The van der Waals surface area contributed by atoms with Gasteiger partial charge in [0.1, 0.15) is 25.4 Å². The highest BCUT2D eigenvalue weighted by molar-refractivity contribution is 7.99. The van der Waals surface area contributed by atoms with Crippen LogP contribution in [0.25, 0.3) is 0 Å². The zero-order valence-corrected chi connectivity index (χ0v) is 39.2. The molecule has 0 radical (unpaired) electrons. The van der Waals surface area contributed by atoms with E-state index < -0.39 is 145 Å². The Hall–Kier alpha value is -6.40. The Morgan fingerprint density at radius 1 is 0.471 bits per heavy atom. The number of nitrogens with zero attached hydrogens (tertiary/aromatic N) is 4. The lowest BCUT2D eigenvalue weighted by Gasteiger charge is -2.44. The lowest BCUT2D eigenvalue weighted by atomic mass is 9.97. The molecule has 0 amide bonds. The van der Waals surface area contributed by atoms with Gasteiger partial charge in [0.05, 0.1) is 0 Å². The van der Waals surface area contributed by atoms with Gasteiger partial charge >= 0.3 is 59.1 Å². The van der Waals surface area contributed by atoms with Crippen LogP contribution in [0.2, 0.25) is 0 Å². The second-order valence-electron chi connectivity index (χ2n) is 14.6. The number of rotatable bonds is 19. The second kappa shape index (κ2) is 24.6. The van der Waals surface area contributed by atoms with E-state index in [-0.39, 0.29) is 21.6 Å². The number of hydrogen-bond donors (Lipinski definition) is 2. The Kier molecular flexibility index (Phi) is 19.6. The molecule has 2 aromatic heterocycles. The molecular weight excluding hydrogens is 957 g/mol. The van der Waals surface area contributed by atoms with Gasteiger partial charge in [0.15, 0.2) is 59.1 Å². The van der Waals surface area contributed by atoms with Crippen molar-refractivity contribution >= 4 is 71.3 Å². The number of ether oxygens (including phenoxy) is 10. The molecule has 28 nitrogen and oxygen atoms in total. The summed E-state index contributed by atoms with van der Waals surface area (Å²) in [6.07, 6.45) is -15.4. The molecule has 0 bridgehead atoms. The van der Waals surface area contributed by atoms with E-state index in [1.54, 1.807) is 0 Å². The van der Waals surface area contributed by atoms with Gasteiger partial charge in [-0.15, -0.1) is 0 Å². The number of carbonyl (C=O) groups excluding carboxylic acids is 8. The summed E-state index contributed by atoms with van der Waals surface area (Å²) in [5, 5.41) is 7.74. The Bertz CT molecular complexity index is 2300. The second-order valence-corrected chi connectivity index (χ2v) is 16.8. The van der Waals surface area contributed by atoms with E-state index in [1.165, 1.54) is 0 Å². The number of aromatic amines is 2. The maximum Gasteiger partial charge on any atom is 0.347 e. The number of carbonyl (C=O) groups is 8. The summed E-state index contributed by atoms with van der Waals surface area (Å²) in [7, 11) is 0. The monoisotopic (exact) mass is 1000 g/mol. The molecule has 374 valence electrons. The maximum absolute atomic E-state index is 13.2. The highest BCUT2D eigenvalue weighted by Crippen LogP contribution is 2.35. The van der Waals surface area contributed by atoms with E-state index in [9.17, 15) is 57.5 Å². The first kappa shape index (κ1) is 54.2. The fourth-order valence-corrected chi connectivity index (χ4v) is 8.41. The van der Waals surface area contributed by atoms with Crippen LogP contribution in [0.4, 0.5) is 0 Å². The largest absolute Gasteiger partial charge is 0.463 e. The smallest absolute Gasteiger partial charge is 0.347 e. The van der Waals surface area contributed by atoms with Crippen LogP contribution in [-0.2, 0) is 85.7 Å². The van der Waals surface area contributed by atoms with Gasteiger partial charge in [0.25, 0.3) is 11.1 Å². The number of nitrogens with one attached hydrogen (secondary N) is 2. The predicted molar refractivity (Wildman–Crippen MR) is 223 cm³/mol. The summed E-state index contributed by atoms with van der Waals surface area (Å²) in [4.78, 5) is 153. The number of thioether (sulfide) groups is 2. The van der Waals surface area contributed by atoms with Crippen molar-refractivity contribution in [1.29, 1.82) is 0 Å². The van der Waals surface area contributed by atoms with E-state index >= 15 is 0 Å². The zero-order chi connectivity index (χ0) is 50.6. The third-order valence-electron chi connectivity index (χ3n) is 9.07. The van der Waals surface area contributed by atoms with Crippen LogP contribution in [-0.4, -0.2) is 151 Å². The number of hydrogen-bond acceptors (Lipinski definition) is 26. The van der Waals surface area contributed by atoms with Crippen LogP contribution in [0.3, 0.4) is 0 Å². The molecule has 2 aliphatic heterocycles. The molecule has 0 aliphatic carbocycles. The average molecular weight is 1000 g/mol. The van der Waals surface area contributed by atoms with Gasteiger partial charge in [-0.3, -0.25) is 57.9 Å². The Labute approximate surface area is 391 Å². The minimum absolute atomic E-state index is 0.168. The molecule has 68 heavy (non-hydrogen) atoms. The van der Waals surface area contributed by atoms with E-state index in [1.807, 2.05) is 0 Å². The molecule has 10 atom stereocenters. The van der Waals surface area contributed by atoms with Crippen LogP contribution in [0.1, 0.15) is 80.7 Å². The molecule has 0 spiro atoms. The normalized spacial score (nSPS) is 24.4. The molecule has 4 rings (SSSR count). The number of H-pyrrole nitrogens is 2. The van der Waals surface area contributed by atoms with Crippen LogP contribution in [0.5, 0.6) is 0 Å². The first-order chi connectivity index (χ1) is 32.0. The van der Waals surface area contributed by atoms with Crippen molar-refractivity contribution in [3.8, 4) is 0 Å². The van der Waals surface area contributed by atoms with E-state index in [0.29, 0.717) is 22.2 Å². The summed E-state index contributed by atoms with van der Waals surface area (Å²) in [5.74, 6) is -6.69.